The lowest BCUT2D eigenvalue weighted by atomic mass is 9.97. The van der Waals surface area contributed by atoms with Crippen LogP contribution in [0.4, 0.5) is 0 Å². The smallest absolute Gasteiger partial charge is 0.335 e. The van der Waals surface area contributed by atoms with Crippen molar-refractivity contribution in [3.05, 3.63) is 65.9 Å². The van der Waals surface area contributed by atoms with Crippen molar-refractivity contribution in [2.75, 3.05) is 0 Å². The Morgan fingerprint density at radius 1 is 1.14 bits per heavy atom. The van der Waals surface area contributed by atoms with Gasteiger partial charge in [-0.25, -0.2) is 4.79 Å². The summed E-state index contributed by atoms with van der Waals surface area (Å²) >= 11 is 0. The quantitative estimate of drug-likeness (QED) is 0.776. The van der Waals surface area contributed by atoms with E-state index in [2.05, 4.69) is 11.1 Å². The molecule has 0 radical (unpaired) electrons. The Hall–Kier alpha value is -3.19. The molecule has 3 aromatic rings. The minimum atomic E-state index is -0.978. The van der Waals surface area contributed by atoms with Crippen LogP contribution in [0.15, 0.2) is 54.7 Å². The number of nitrogens with zero attached hydrogens (tertiary/aromatic N) is 2. The van der Waals surface area contributed by atoms with Crippen LogP contribution in [0.5, 0.6) is 0 Å². The van der Waals surface area contributed by atoms with Crippen LogP contribution in [-0.4, -0.2) is 16.1 Å². The molecule has 0 aliphatic rings. The van der Waals surface area contributed by atoms with Gasteiger partial charge in [0.15, 0.2) is 0 Å². The molecule has 0 aliphatic carbocycles. The summed E-state index contributed by atoms with van der Waals surface area (Å²) in [5, 5.41) is 20.0. The highest BCUT2D eigenvalue weighted by atomic mass is 16.4. The number of pyridine rings is 1. The highest BCUT2D eigenvalue weighted by Gasteiger charge is 2.11. The first-order chi connectivity index (χ1) is 10.2. The summed E-state index contributed by atoms with van der Waals surface area (Å²) in [5.74, 6) is -0.978. The molecule has 0 amide bonds. The Morgan fingerprint density at radius 3 is 2.76 bits per heavy atom. The van der Waals surface area contributed by atoms with Gasteiger partial charge >= 0.3 is 5.97 Å². The van der Waals surface area contributed by atoms with Gasteiger partial charge in [-0.15, -0.1) is 0 Å². The molecule has 3 rings (SSSR count). The number of hydrogen-bond donors (Lipinski definition) is 1. The van der Waals surface area contributed by atoms with Gasteiger partial charge in [0, 0.05) is 11.8 Å². The minimum absolute atomic E-state index is 0.212. The molecular weight excluding hydrogens is 264 g/mol. The maximum atomic E-state index is 11.1. The normalized spacial score (nSPS) is 10.2. The van der Waals surface area contributed by atoms with Gasteiger partial charge in [-0.1, -0.05) is 24.3 Å². The Balaban J connectivity index is 2.35. The highest BCUT2D eigenvalue weighted by molar-refractivity contribution is 6.01. The van der Waals surface area contributed by atoms with E-state index in [1.165, 1.54) is 0 Å². The number of fused-ring (bicyclic) bond motifs is 1. The van der Waals surface area contributed by atoms with Crippen LogP contribution in [0, 0.1) is 11.3 Å². The average molecular weight is 274 g/mol. The Bertz CT molecular complexity index is 895. The molecule has 100 valence electrons. The summed E-state index contributed by atoms with van der Waals surface area (Å²) < 4.78 is 0. The lowest BCUT2D eigenvalue weighted by Gasteiger charge is -2.08. The molecule has 0 fully saturated rings. The summed E-state index contributed by atoms with van der Waals surface area (Å²) in [6.07, 6.45) is 1.62. The second-order valence-corrected chi connectivity index (χ2v) is 4.56. The van der Waals surface area contributed by atoms with Crippen molar-refractivity contribution < 1.29 is 9.90 Å². The molecule has 1 heterocycles. The van der Waals surface area contributed by atoms with E-state index in [1.54, 1.807) is 36.5 Å². The fourth-order valence-electron chi connectivity index (χ4n) is 2.32. The third-order valence-electron chi connectivity index (χ3n) is 3.31. The summed E-state index contributed by atoms with van der Waals surface area (Å²) in [4.78, 5) is 15.4. The number of aromatic carboxylic acids is 1. The predicted molar refractivity (Wildman–Crippen MR) is 78.9 cm³/mol. The lowest BCUT2D eigenvalue weighted by molar-refractivity contribution is 0.0697. The Kier molecular flexibility index (Phi) is 3.09. The summed E-state index contributed by atoms with van der Waals surface area (Å²) in [5.41, 5.74) is 2.00. The topological polar surface area (TPSA) is 74.0 Å². The van der Waals surface area contributed by atoms with Crippen LogP contribution in [0.3, 0.4) is 0 Å². The van der Waals surface area contributed by atoms with Crippen molar-refractivity contribution in [2.45, 2.75) is 0 Å². The molecule has 0 bridgehead atoms. The van der Waals surface area contributed by atoms with Crippen LogP contribution in [-0.2, 0) is 0 Å². The molecule has 1 N–H and O–H groups in total. The second kappa shape index (κ2) is 5.06. The zero-order valence-electron chi connectivity index (χ0n) is 10.9. The molecule has 21 heavy (non-hydrogen) atoms. The number of carbonyl (C=O) groups is 1. The molecule has 4 heteroatoms. The SMILES string of the molecule is N#Cc1cccnc1-c1cccc2ccc(C(=O)O)cc12. The van der Waals surface area contributed by atoms with Gasteiger partial charge in [-0.3, -0.25) is 4.98 Å². The molecule has 0 aliphatic heterocycles. The molecule has 0 atom stereocenters. The summed E-state index contributed by atoms with van der Waals surface area (Å²) in [6.45, 7) is 0. The van der Waals surface area contributed by atoms with E-state index in [4.69, 9.17) is 5.11 Å². The highest BCUT2D eigenvalue weighted by Crippen LogP contribution is 2.30. The number of aromatic nitrogens is 1. The number of carboxylic acid groups (broad SMARTS) is 1. The lowest BCUT2D eigenvalue weighted by Crippen LogP contribution is -1.96. The van der Waals surface area contributed by atoms with Crippen molar-refractivity contribution >= 4 is 16.7 Å². The van der Waals surface area contributed by atoms with Crippen molar-refractivity contribution in [2.24, 2.45) is 0 Å². The fraction of sp³-hybridized carbons (Fsp3) is 0. The van der Waals surface area contributed by atoms with Gasteiger partial charge in [-0.05, 0) is 35.0 Å². The molecule has 2 aromatic carbocycles. The van der Waals surface area contributed by atoms with E-state index in [0.29, 0.717) is 11.3 Å². The molecule has 0 saturated carbocycles. The number of nitriles is 1. The third kappa shape index (κ3) is 2.21. The Labute approximate surface area is 120 Å². The first-order valence-electron chi connectivity index (χ1n) is 6.32. The maximum absolute atomic E-state index is 11.1. The monoisotopic (exact) mass is 274 g/mol. The van der Waals surface area contributed by atoms with E-state index < -0.39 is 5.97 Å². The van der Waals surface area contributed by atoms with Crippen molar-refractivity contribution in [3.63, 3.8) is 0 Å². The van der Waals surface area contributed by atoms with Crippen LogP contribution in [0.1, 0.15) is 15.9 Å². The van der Waals surface area contributed by atoms with Gasteiger partial charge in [0.05, 0.1) is 16.8 Å². The van der Waals surface area contributed by atoms with E-state index >= 15 is 0 Å². The van der Waals surface area contributed by atoms with E-state index in [9.17, 15) is 10.1 Å². The van der Waals surface area contributed by atoms with E-state index in [1.807, 2.05) is 18.2 Å². The minimum Gasteiger partial charge on any atom is -0.478 e. The molecule has 0 unspecified atom stereocenters. The second-order valence-electron chi connectivity index (χ2n) is 4.56. The van der Waals surface area contributed by atoms with Crippen molar-refractivity contribution in [1.82, 2.24) is 4.98 Å². The summed E-state index contributed by atoms with van der Waals surface area (Å²) in [6, 6.07) is 16.1. The molecule has 0 saturated heterocycles. The fourth-order valence-corrected chi connectivity index (χ4v) is 2.32. The zero-order chi connectivity index (χ0) is 14.8. The van der Waals surface area contributed by atoms with Crippen LogP contribution < -0.4 is 0 Å². The van der Waals surface area contributed by atoms with Crippen molar-refractivity contribution in [1.29, 1.82) is 5.26 Å². The van der Waals surface area contributed by atoms with Gasteiger partial charge < -0.3 is 5.11 Å². The zero-order valence-corrected chi connectivity index (χ0v) is 10.9. The number of hydrogen-bond acceptors (Lipinski definition) is 3. The predicted octanol–water partition coefficient (Wildman–Crippen LogP) is 3.47. The van der Waals surface area contributed by atoms with Crippen LogP contribution >= 0.6 is 0 Å². The Morgan fingerprint density at radius 2 is 2.00 bits per heavy atom. The first kappa shape index (κ1) is 12.8. The van der Waals surface area contributed by atoms with Gasteiger partial charge in [0.1, 0.15) is 6.07 Å². The van der Waals surface area contributed by atoms with Crippen LogP contribution in [0.2, 0.25) is 0 Å². The van der Waals surface area contributed by atoms with Crippen LogP contribution in [0.25, 0.3) is 22.0 Å². The largest absolute Gasteiger partial charge is 0.478 e. The summed E-state index contributed by atoms with van der Waals surface area (Å²) in [7, 11) is 0. The standard InChI is InChI=1S/C17H10N2O2/c18-10-13-4-2-8-19-16(13)14-5-1-3-11-6-7-12(17(20)21)9-15(11)14/h1-9H,(H,20,21). The molecule has 4 nitrogen and oxygen atoms in total. The van der Waals surface area contributed by atoms with E-state index in [-0.39, 0.29) is 5.56 Å². The molecule has 1 aromatic heterocycles. The van der Waals surface area contributed by atoms with Crippen molar-refractivity contribution in [3.8, 4) is 17.3 Å². The third-order valence-corrected chi connectivity index (χ3v) is 3.31. The van der Waals surface area contributed by atoms with Gasteiger partial charge in [0.2, 0.25) is 0 Å². The number of carboxylic acids is 1. The first-order valence-corrected chi connectivity index (χ1v) is 6.32. The average Bonchev–Trinajstić information content (AvgIpc) is 2.53. The number of rotatable bonds is 2. The molecular formula is C17H10N2O2. The van der Waals surface area contributed by atoms with E-state index in [0.717, 1.165) is 16.3 Å². The molecule has 0 spiro atoms. The van der Waals surface area contributed by atoms with Gasteiger partial charge in [-0.2, -0.15) is 5.26 Å². The maximum Gasteiger partial charge on any atom is 0.335 e. The number of benzene rings is 2. The van der Waals surface area contributed by atoms with Gasteiger partial charge in [0.25, 0.3) is 0 Å².